The molecule has 0 aliphatic carbocycles. The maximum atomic E-state index is 5.57. The summed E-state index contributed by atoms with van der Waals surface area (Å²) < 4.78 is 1.27. The number of rotatable bonds is 4. The summed E-state index contributed by atoms with van der Waals surface area (Å²) in [4.78, 5) is 4.58. The molecule has 1 unspecified atom stereocenters. The number of benzene rings is 1. The Kier molecular flexibility index (Phi) is 3.61. The number of nitrogens with two attached hydrogens (primary N) is 1. The Hall–Kier alpha value is -0.580. The molecular formula is C11H14N2S2. The minimum atomic E-state index is 0.511. The molecule has 0 aliphatic heterocycles. The quantitative estimate of drug-likeness (QED) is 0.890. The molecule has 1 atom stereocenters. The molecule has 80 valence electrons. The zero-order valence-corrected chi connectivity index (χ0v) is 10.3. The van der Waals surface area contributed by atoms with Crippen LogP contribution < -0.4 is 5.73 Å². The van der Waals surface area contributed by atoms with Crippen molar-refractivity contribution in [1.82, 2.24) is 4.98 Å². The monoisotopic (exact) mass is 238 g/mol. The van der Waals surface area contributed by atoms with E-state index in [0.717, 1.165) is 17.8 Å². The van der Waals surface area contributed by atoms with Gasteiger partial charge >= 0.3 is 0 Å². The van der Waals surface area contributed by atoms with E-state index in [1.807, 2.05) is 17.8 Å². The van der Waals surface area contributed by atoms with E-state index in [1.54, 1.807) is 11.3 Å². The van der Waals surface area contributed by atoms with Gasteiger partial charge in [-0.05, 0) is 12.1 Å². The van der Waals surface area contributed by atoms with E-state index in [9.17, 15) is 0 Å². The fourth-order valence-corrected chi connectivity index (χ4v) is 3.09. The third-order valence-corrected chi connectivity index (χ3v) is 4.58. The van der Waals surface area contributed by atoms with Gasteiger partial charge in [-0.3, -0.25) is 0 Å². The van der Waals surface area contributed by atoms with E-state index in [0.29, 0.717) is 5.25 Å². The Morgan fingerprint density at radius 1 is 1.47 bits per heavy atom. The van der Waals surface area contributed by atoms with E-state index in [4.69, 9.17) is 5.73 Å². The highest BCUT2D eigenvalue weighted by molar-refractivity contribution is 7.99. The van der Waals surface area contributed by atoms with Gasteiger partial charge in [-0.1, -0.05) is 19.1 Å². The summed E-state index contributed by atoms with van der Waals surface area (Å²) in [6.07, 6.45) is 0. The van der Waals surface area contributed by atoms with Crippen molar-refractivity contribution in [2.24, 2.45) is 5.73 Å². The molecule has 0 amide bonds. The summed E-state index contributed by atoms with van der Waals surface area (Å²) in [5.74, 6) is 0.970. The lowest BCUT2D eigenvalue weighted by molar-refractivity contribution is 0.950. The molecule has 2 rings (SSSR count). The Labute approximate surface area is 97.9 Å². The zero-order chi connectivity index (χ0) is 10.7. The van der Waals surface area contributed by atoms with Crippen molar-refractivity contribution >= 4 is 33.3 Å². The lowest BCUT2D eigenvalue weighted by Crippen LogP contribution is -2.12. The van der Waals surface area contributed by atoms with Crippen LogP contribution in [0.5, 0.6) is 0 Å². The molecule has 0 aliphatic rings. The summed E-state index contributed by atoms with van der Waals surface area (Å²) >= 11 is 3.64. The SMILES string of the molecule is CC(CN)SCc1nc2ccccc2s1. The van der Waals surface area contributed by atoms with E-state index in [-0.39, 0.29) is 0 Å². The largest absolute Gasteiger partial charge is 0.329 e. The Balaban J connectivity index is 2.09. The van der Waals surface area contributed by atoms with Gasteiger partial charge in [0.15, 0.2) is 0 Å². The van der Waals surface area contributed by atoms with Crippen LogP contribution in [0.25, 0.3) is 10.2 Å². The molecular weight excluding hydrogens is 224 g/mol. The number of hydrogen-bond donors (Lipinski definition) is 1. The second kappa shape index (κ2) is 4.96. The maximum Gasteiger partial charge on any atom is 0.104 e. The maximum absolute atomic E-state index is 5.57. The molecule has 2 aromatic rings. The van der Waals surface area contributed by atoms with E-state index in [2.05, 4.69) is 30.1 Å². The lowest BCUT2D eigenvalue weighted by atomic mass is 10.3. The van der Waals surface area contributed by atoms with Crippen molar-refractivity contribution in [3.63, 3.8) is 0 Å². The second-order valence-electron chi connectivity index (χ2n) is 3.43. The van der Waals surface area contributed by atoms with Gasteiger partial charge in [-0.15, -0.1) is 11.3 Å². The van der Waals surface area contributed by atoms with E-state index < -0.39 is 0 Å². The minimum Gasteiger partial charge on any atom is -0.329 e. The van der Waals surface area contributed by atoms with Crippen LogP contribution in [0.4, 0.5) is 0 Å². The van der Waals surface area contributed by atoms with Gasteiger partial charge < -0.3 is 5.73 Å². The Morgan fingerprint density at radius 3 is 3.00 bits per heavy atom. The molecule has 2 nitrogen and oxygen atoms in total. The van der Waals surface area contributed by atoms with Crippen LogP contribution in [0.3, 0.4) is 0 Å². The van der Waals surface area contributed by atoms with Crippen molar-refractivity contribution in [3.05, 3.63) is 29.3 Å². The normalized spacial score (nSPS) is 13.2. The van der Waals surface area contributed by atoms with E-state index >= 15 is 0 Å². The summed E-state index contributed by atoms with van der Waals surface area (Å²) in [6.45, 7) is 2.88. The number of para-hydroxylation sites is 1. The minimum absolute atomic E-state index is 0.511. The highest BCUT2D eigenvalue weighted by atomic mass is 32.2. The van der Waals surface area contributed by atoms with Crippen LogP contribution in [0.1, 0.15) is 11.9 Å². The third-order valence-electron chi connectivity index (χ3n) is 2.16. The number of fused-ring (bicyclic) bond motifs is 1. The number of nitrogens with zero attached hydrogens (tertiary/aromatic N) is 1. The summed E-state index contributed by atoms with van der Waals surface area (Å²) in [5.41, 5.74) is 6.68. The molecule has 1 heterocycles. The molecule has 4 heteroatoms. The molecule has 2 N–H and O–H groups in total. The number of thiazole rings is 1. The van der Waals surface area contributed by atoms with Crippen molar-refractivity contribution in [1.29, 1.82) is 0 Å². The van der Waals surface area contributed by atoms with Crippen molar-refractivity contribution in [3.8, 4) is 0 Å². The molecule has 0 radical (unpaired) electrons. The average molecular weight is 238 g/mol. The molecule has 0 fully saturated rings. The number of hydrogen-bond acceptors (Lipinski definition) is 4. The van der Waals surface area contributed by atoms with Gasteiger partial charge in [0.05, 0.1) is 10.2 Å². The highest BCUT2D eigenvalue weighted by Gasteiger charge is 2.05. The molecule has 15 heavy (non-hydrogen) atoms. The first-order chi connectivity index (χ1) is 7.29. The third kappa shape index (κ3) is 2.71. The van der Waals surface area contributed by atoms with E-state index in [1.165, 1.54) is 9.71 Å². The summed E-state index contributed by atoms with van der Waals surface area (Å²) in [7, 11) is 0. The van der Waals surface area contributed by atoms with Crippen molar-refractivity contribution in [2.75, 3.05) is 6.54 Å². The van der Waals surface area contributed by atoms with Gasteiger partial charge in [0, 0.05) is 17.5 Å². The van der Waals surface area contributed by atoms with Gasteiger partial charge in [0.2, 0.25) is 0 Å². The van der Waals surface area contributed by atoms with Gasteiger partial charge in [-0.2, -0.15) is 11.8 Å². The van der Waals surface area contributed by atoms with Gasteiger partial charge in [-0.25, -0.2) is 4.98 Å². The fraction of sp³-hybridized carbons (Fsp3) is 0.364. The summed E-state index contributed by atoms with van der Waals surface area (Å²) in [5, 5.41) is 1.71. The predicted octanol–water partition coefficient (Wildman–Crippen LogP) is 2.88. The standard InChI is InChI=1S/C11H14N2S2/c1-8(6-12)14-7-11-13-9-4-2-3-5-10(9)15-11/h2-5,8H,6-7,12H2,1H3. The topological polar surface area (TPSA) is 38.9 Å². The molecule has 1 aromatic heterocycles. The zero-order valence-electron chi connectivity index (χ0n) is 8.64. The molecule has 1 aromatic carbocycles. The van der Waals surface area contributed by atoms with Gasteiger partial charge in [0.25, 0.3) is 0 Å². The Morgan fingerprint density at radius 2 is 2.27 bits per heavy atom. The van der Waals surface area contributed by atoms with Crippen LogP contribution in [-0.4, -0.2) is 16.8 Å². The van der Waals surface area contributed by atoms with Crippen molar-refractivity contribution in [2.45, 2.75) is 17.9 Å². The predicted molar refractivity (Wildman–Crippen MR) is 69.4 cm³/mol. The fourth-order valence-electron chi connectivity index (χ4n) is 1.26. The first-order valence-electron chi connectivity index (χ1n) is 4.95. The molecule has 0 spiro atoms. The average Bonchev–Trinajstić information content (AvgIpc) is 2.68. The van der Waals surface area contributed by atoms with Crippen molar-refractivity contribution < 1.29 is 0 Å². The number of aromatic nitrogens is 1. The highest BCUT2D eigenvalue weighted by Crippen LogP contribution is 2.25. The molecule has 0 saturated carbocycles. The van der Waals surface area contributed by atoms with Crippen LogP contribution in [0.15, 0.2) is 24.3 Å². The first-order valence-corrected chi connectivity index (χ1v) is 6.82. The second-order valence-corrected chi connectivity index (χ2v) is 5.97. The number of thioether (sulfide) groups is 1. The van der Waals surface area contributed by atoms with Crippen LogP contribution in [0.2, 0.25) is 0 Å². The Bertz CT molecular complexity index is 406. The van der Waals surface area contributed by atoms with Crippen LogP contribution >= 0.6 is 23.1 Å². The lowest BCUT2D eigenvalue weighted by Gasteiger charge is -2.04. The summed E-state index contributed by atoms with van der Waals surface area (Å²) in [6, 6.07) is 8.27. The van der Waals surface area contributed by atoms with Crippen LogP contribution in [0, 0.1) is 0 Å². The first kappa shape index (κ1) is 10.9. The van der Waals surface area contributed by atoms with Gasteiger partial charge in [0.1, 0.15) is 5.01 Å². The molecule has 0 bridgehead atoms. The van der Waals surface area contributed by atoms with Crippen LogP contribution in [-0.2, 0) is 5.75 Å². The molecule has 0 saturated heterocycles. The smallest absolute Gasteiger partial charge is 0.104 e.